The molecule has 5 heteroatoms. The maximum atomic E-state index is 12.6. The second kappa shape index (κ2) is 6.30. The van der Waals surface area contributed by atoms with Gasteiger partial charge in [-0.25, -0.2) is 0 Å². The first-order valence-electron chi connectivity index (χ1n) is 8.75. The van der Waals surface area contributed by atoms with Gasteiger partial charge in [-0.15, -0.1) is 0 Å². The van der Waals surface area contributed by atoms with Gasteiger partial charge in [0.25, 0.3) is 0 Å². The second-order valence-electron chi connectivity index (χ2n) is 6.88. The molecule has 0 bridgehead atoms. The molecule has 0 radical (unpaired) electrons. The molecule has 2 aliphatic rings. The molecular weight excluding hydrogens is 302 g/mol. The SMILES string of the molecule is O=C(CCOc1ccccc1)N1CCCC2(CCc3cn[nH]c32)C1. The highest BCUT2D eigenvalue weighted by Crippen LogP contribution is 2.43. The summed E-state index contributed by atoms with van der Waals surface area (Å²) >= 11 is 0. The van der Waals surface area contributed by atoms with Gasteiger partial charge in [-0.2, -0.15) is 5.10 Å². The number of aromatic amines is 1. The molecule has 1 aromatic carbocycles. The zero-order valence-electron chi connectivity index (χ0n) is 13.8. The van der Waals surface area contributed by atoms with Crippen LogP contribution in [-0.4, -0.2) is 40.7 Å². The lowest BCUT2D eigenvalue weighted by Crippen LogP contribution is -2.48. The van der Waals surface area contributed by atoms with E-state index in [1.165, 1.54) is 11.3 Å². The molecule has 1 amide bonds. The number of ether oxygens (including phenoxy) is 1. The van der Waals surface area contributed by atoms with Gasteiger partial charge in [0.2, 0.25) is 5.91 Å². The maximum absolute atomic E-state index is 12.6. The Morgan fingerprint density at radius 3 is 3.04 bits per heavy atom. The van der Waals surface area contributed by atoms with Crippen molar-refractivity contribution in [2.75, 3.05) is 19.7 Å². The zero-order valence-corrected chi connectivity index (χ0v) is 13.8. The van der Waals surface area contributed by atoms with E-state index in [1.807, 2.05) is 41.4 Å². The molecule has 2 aromatic rings. The van der Waals surface area contributed by atoms with Crippen LogP contribution in [0.3, 0.4) is 0 Å². The van der Waals surface area contributed by atoms with Crippen LogP contribution in [0.25, 0.3) is 0 Å². The summed E-state index contributed by atoms with van der Waals surface area (Å²) in [6.07, 6.45) is 6.78. The van der Waals surface area contributed by atoms with Crippen LogP contribution in [0.15, 0.2) is 36.5 Å². The molecule has 24 heavy (non-hydrogen) atoms. The lowest BCUT2D eigenvalue weighted by Gasteiger charge is -2.40. The van der Waals surface area contributed by atoms with Crippen molar-refractivity contribution < 1.29 is 9.53 Å². The number of fused-ring (bicyclic) bond motifs is 2. The van der Waals surface area contributed by atoms with Gasteiger partial charge in [-0.05, 0) is 43.4 Å². The zero-order chi connectivity index (χ0) is 16.4. The Labute approximate surface area is 142 Å². The van der Waals surface area contributed by atoms with Gasteiger partial charge in [-0.1, -0.05) is 18.2 Å². The third-order valence-electron chi connectivity index (χ3n) is 5.38. The van der Waals surface area contributed by atoms with Crippen LogP contribution >= 0.6 is 0 Å². The molecule has 126 valence electrons. The summed E-state index contributed by atoms with van der Waals surface area (Å²) in [6.45, 7) is 2.10. The predicted molar refractivity (Wildman–Crippen MR) is 91.0 cm³/mol. The second-order valence-corrected chi connectivity index (χ2v) is 6.88. The highest BCUT2D eigenvalue weighted by Gasteiger charge is 2.44. The van der Waals surface area contributed by atoms with Gasteiger partial charge < -0.3 is 9.64 Å². The Morgan fingerprint density at radius 2 is 2.17 bits per heavy atom. The van der Waals surface area contributed by atoms with E-state index < -0.39 is 0 Å². The molecule has 1 unspecified atom stereocenters. The number of nitrogens with zero attached hydrogens (tertiary/aromatic N) is 2. The molecular formula is C19H23N3O2. The van der Waals surface area contributed by atoms with Crippen molar-refractivity contribution in [1.82, 2.24) is 15.1 Å². The molecule has 1 saturated heterocycles. The number of carbonyl (C=O) groups excluding carboxylic acids is 1. The fourth-order valence-electron chi connectivity index (χ4n) is 4.14. The Kier molecular flexibility index (Phi) is 4.00. The summed E-state index contributed by atoms with van der Waals surface area (Å²) in [7, 11) is 0. The summed E-state index contributed by atoms with van der Waals surface area (Å²) in [5, 5.41) is 7.39. The first kappa shape index (κ1) is 15.2. The monoisotopic (exact) mass is 325 g/mol. The van der Waals surface area contributed by atoms with Crippen molar-refractivity contribution >= 4 is 5.91 Å². The van der Waals surface area contributed by atoms with Crippen molar-refractivity contribution in [1.29, 1.82) is 0 Å². The van der Waals surface area contributed by atoms with Gasteiger partial charge in [0, 0.05) is 24.2 Å². The lowest BCUT2D eigenvalue weighted by molar-refractivity contribution is -0.134. The molecule has 1 N–H and O–H groups in total. The highest BCUT2D eigenvalue weighted by atomic mass is 16.5. The molecule has 1 atom stereocenters. The van der Waals surface area contributed by atoms with Crippen molar-refractivity contribution in [3.8, 4) is 5.75 Å². The van der Waals surface area contributed by atoms with Gasteiger partial charge in [-0.3, -0.25) is 9.89 Å². The van der Waals surface area contributed by atoms with Gasteiger partial charge in [0.05, 0.1) is 19.2 Å². The van der Waals surface area contributed by atoms with Crippen LogP contribution in [-0.2, 0) is 16.6 Å². The van der Waals surface area contributed by atoms with E-state index in [0.717, 1.165) is 44.5 Å². The normalized spacial score (nSPS) is 22.6. The van der Waals surface area contributed by atoms with E-state index in [0.29, 0.717) is 13.0 Å². The number of hydrogen-bond acceptors (Lipinski definition) is 3. The number of hydrogen-bond donors (Lipinski definition) is 1. The van der Waals surface area contributed by atoms with Crippen LogP contribution < -0.4 is 4.74 Å². The van der Waals surface area contributed by atoms with E-state index in [1.54, 1.807) is 0 Å². The third kappa shape index (κ3) is 2.79. The molecule has 5 nitrogen and oxygen atoms in total. The largest absolute Gasteiger partial charge is 0.493 e. The van der Waals surface area contributed by atoms with E-state index >= 15 is 0 Å². The first-order valence-corrected chi connectivity index (χ1v) is 8.75. The number of carbonyl (C=O) groups is 1. The minimum Gasteiger partial charge on any atom is -0.493 e. The molecule has 1 aromatic heterocycles. The Hall–Kier alpha value is -2.30. The predicted octanol–water partition coefficient (Wildman–Crippen LogP) is 2.69. The Morgan fingerprint density at radius 1 is 1.29 bits per heavy atom. The number of amides is 1. The van der Waals surface area contributed by atoms with Gasteiger partial charge >= 0.3 is 0 Å². The smallest absolute Gasteiger partial charge is 0.226 e. The molecule has 1 spiro atoms. The topological polar surface area (TPSA) is 58.2 Å². The molecule has 2 heterocycles. The Bertz CT molecular complexity index is 712. The number of para-hydroxylation sites is 1. The number of aromatic nitrogens is 2. The quantitative estimate of drug-likeness (QED) is 0.940. The molecule has 4 rings (SSSR count). The Balaban J connectivity index is 1.35. The number of rotatable bonds is 4. The van der Waals surface area contributed by atoms with Crippen LogP contribution in [0, 0.1) is 0 Å². The summed E-state index contributed by atoms with van der Waals surface area (Å²) < 4.78 is 5.66. The average Bonchev–Trinajstić information content (AvgIpc) is 3.21. The summed E-state index contributed by atoms with van der Waals surface area (Å²) in [5.74, 6) is 1.01. The molecule has 1 fully saturated rings. The van der Waals surface area contributed by atoms with E-state index in [4.69, 9.17) is 4.74 Å². The maximum Gasteiger partial charge on any atom is 0.226 e. The van der Waals surface area contributed by atoms with Crippen molar-refractivity contribution in [3.63, 3.8) is 0 Å². The number of likely N-dealkylation sites (tertiary alicyclic amines) is 1. The highest BCUT2D eigenvalue weighted by molar-refractivity contribution is 5.76. The lowest BCUT2D eigenvalue weighted by atomic mass is 9.77. The van der Waals surface area contributed by atoms with E-state index in [2.05, 4.69) is 10.2 Å². The summed E-state index contributed by atoms with van der Waals surface area (Å²) in [4.78, 5) is 14.6. The van der Waals surface area contributed by atoms with Crippen LogP contribution in [0.4, 0.5) is 0 Å². The molecule has 1 aliphatic heterocycles. The fraction of sp³-hybridized carbons (Fsp3) is 0.474. The molecule has 1 aliphatic carbocycles. The molecule has 0 saturated carbocycles. The van der Waals surface area contributed by atoms with E-state index in [-0.39, 0.29) is 11.3 Å². The minimum atomic E-state index is 0.0973. The van der Waals surface area contributed by atoms with Crippen molar-refractivity contribution in [2.45, 2.75) is 37.5 Å². The van der Waals surface area contributed by atoms with E-state index in [9.17, 15) is 4.79 Å². The summed E-state index contributed by atoms with van der Waals surface area (Å²) in [6, 6.07) is 9.66. The third-order valence-corrected chi connectivity index (χ3v) is 5.38. The number of H-pyrrole nitrogens is 1. The van der Waals surface area contributed by atoms with Gasteiger partial charge in [0.15, 0.2) is 0 Å². The van der Waals surface area contributed by atoms with Crippen molar-refractivity contribution in [3.05, 3.63) is 47.8 Å². The number of nitrogens with one attached hydrogen (secondary N) is 1. The van der Waals surface area contributed by atoms with Gasteiger partial charge in [0.1, 0.15) is 5.75 Å². The minimum absolute atomic E-state index is 0.0973. The fourth-order valence-corrected chi connectivity index (χ4v) is 4.14. The van der Waals surface area contributed by atoms with Crippen LogP contribution in [0.2, 0.25) is 0 Å². The number of aryl methyl sites for hydroxylation is 1. The number of piperidine rings is 1. The van der Waals surface area contributed by atoms with Crippen LogP contribution in [0.5, 0.6) is 5.75 Å². The van der Waals surface area contributed by atoms with Crippen LogP contribution in [0.1, 0.15) is 36.9 Å². The standard InChI is InChI=1S/C19H23N3O2/c23-17(8-12-24-16-5-2-1-3-6-16)22-11-4-9-19(14-22)10-7-15-13-20-21-18(15)19/h1-3,5-6,13H,4,7-12,14H2,(H,20,21). The summed E-state index contributed by atoms with van der Waals surface area (Å²) in [5.41, 5.74) is 2.69. The first-order chi connectivity index (χ1) is 11.8. The average molecular weight is 325 g/mol. The number of benzene rings is 1. The van der Waals surface area contributed by atoms with Crippen molar-refractivity contribution in [2.24, 2.45) is 0 Å².